The molecule has 0 saturated carbocycles. The number of pyridine rings is 1. The summed E-state index contributed by atoms with van der Waals surface area (Å²) in [5.74, 6) is 0.567. The number of nitro groups is 1. The summed E-state index contributed by atoms with van der Waals surface area (Å²) >= 11 is 6.11. The van der Waals surface area contributed by atoms with Crippen molar-refractivity contribution in [1.29, 1.82) is 0 Å². The number of amides is 1. The molecule has 1 saturated heterocycles. The number of nitrogens with zero attached hydrogens (tertiary/aromatic N) is 4. The first-order valence-corrected chi connectivity index (χ1v) is 8.80. The Labute approximate surface area is 161 Å². The standard InChI is InChI=1S/C18H19ClN4O4/c1-21(12-14-10-15(23(25)26)3-4-16(14)19)18(24)13-2-5-17(20-11-13)22-6-8-27-9-7-22/h2-5,10-11H,6-9,12H2,1H3. The Morgan fingerprint density at radius 1 is 1.33 bits per heavy atom. The molecular weight excluding hydrogens is 372 g/mol. The predicted molar refractivity (Wildman–Crippen MR) is 101 cm³/mol. The normalized spacial score (nSPS) is 14.1. The van der Waals surface area contributed by atoms with Crippen LogP contribution in [0.5, 0.6) is 0 Å². The van der Waals surface area contributed by atoms with E-state index in [0.717, 1.165) is 18.9 Å². The van der Waals surface area contributed by atoms with Gasteiger partial charge in [0.2, 0.25) is 0 Å². The number of morpholine rings is 1. The number of carbonyl (C=O) groups is 1. The Balaban J connectivity index is 1.70. The van der Waals surface area contributed by atoms with Crippen molar-refractivity contribution in [2.75, 3.05) is 38.3 Å². The lowest BCUT2D eigenvalue weighted by Gasteiger charge is -2.27. The van der Waals surface area contributed by atoms with Crippen molar-refractivity contribution in [3.8, 4) is 0 Å². The van der Waals surface area contributed by atoms with Gasteiger partial charge in [0.1, 0.15) is 5.82 Å². The van der Waals surface area contributed by atoms with E-state index in [9.17, 15) is 14.9 Å². The summed E-state index contributed by atoms with van der Waals surface area (Å²) in [4.78, 5) is 31.0. The first-order valence-electron chi connectivity index (χ1n) is 8.43. The second kappa shape index (κ2) is 8.32. The molecule has 1 aromatic heterocycles. The zero-order valence-electron chi connectivity index (χ0n) is 14.8. The first kappa shape index (κ1) is 19.1. The van der Waals surface area contributed by atoms with E-state index in [1.807, 2.05) is 6.07 Å². The number of benzene rings is 1. The van der Waals surface area contributed by atoms with Crippen LogP contribution in [0.15, 0.2) is 36.5 Å². The summed E-state index contributed by atoms with van der Waals surface area (Å²) in [5.41, 5.74) is 0.891. The molecule has 3 rings (SSSR count). The fraction of sp³-hybridized carbons (Fsp3) is 0.333. The molecule has 1 aliphatic rings. The maximum atomic E-state index is 12.6. The van der Waals surface area contributed by atoms with Crippen molar-refractivity contribution in [3.05, 3.63) is 62.8 Å². The Morgan fingerprint density at radius 2 is 2.07 bits per heavy atom. The number of non-ortho nitro benzene ring substituents is 1. The van der Waals surface area contributed by atoms with E-state index in [-0.39, 0.29) is 18.1 Å². The van der Waals surface area contributed by atoms with Crippen molar-refractivity contribution in [2.24, 2.45) is 0 Å². The summed E-state index contributed by atoms with van der Waals surface area (Å²) in [7, 11) is 1.62. The van der Waals surface area contributed by atoms with Gasteiger partial charge < -0.3 is 14.5 Å². The van der Waals surface area contributed by atoms with Crippen molar-refractivity contribution in [1.82, 2.24) is 9.88 Å². The van der Waals surface area contributed by atoms with Gasteiger partial charge in [0, 0.05) is 50.0 Å². The van der Waals surface area contributed by atoms with E-state index < -0.39 is 4.92 Å². The SMILES string of the molecule is CN(Cc1cc([N+](=O)[O-])ccc1Cl)C(=O)c1ccc(N2CCOCC2)nc1. The van der Waals surface area contributed by atoms with Crippen LogP contribution in [0.2, 0.25) is 5.02 Å². The average Bonchev–Trinajstić information content (AvgIpc) is 2.69. The van der Waals surface area contributed by atoms with Crippen molar-refractivity contribution in [3.63, 3.8) is 0 Å². The summed E-state index contributed by atoms with van der Waals surface area (Å²) in [6.07, 6.45) is 1.54. The molecule has 0 N–H and O–H groups in total. The molecule has 1 aliphatic heterocycles. The highest BCUT2D eigenvalue weighted by Gasteiger charge is 2.18. The van der Waals surface area contributed by atoms with Crippen LogP contribution in [0.25, 0.3) is 0 Å². The van der Waals surface area contributed by atoms with E-state index in [1.54, 1.807) is 19.3 Å². The largest absolute Gasteiger partial charge is 0.378 e. The highest BCUT2D eigenvalue weighted by Crippen LogP contribution is 2.23. The van der Waals surface area contributed by atoms with Crippen molar-refractivity contribution >= 4 is 29.0 Å². The monoisotopic (exact) mass is 390 g/mol. The van der Waals surface area contributed by atoms with Gasteiger partial charge in [-0.05, 0) is 23.8 Å². The molecule has 0 bridgehead atoms. The lowest BCUT2D eigenvalue weighted by Crippen LogP contribution is -2.36. The number of ether oxygens (including phenoxy) is 1. The molecule has 1 amide bonds. The molecule has 1 fully saturated rings. The number of hydrogen-bond donors (Lipinski definition) is 0. The Bertz CT molecular complexity index is 838. The van der Waals surface area contributed by atoms with Gasteiger partial charge >= 0.3 is 0 Å². The van der Waals surface area contributed by atoms with E-state index in [4.69, 9.17) is 16.3 Å². The van der Waals surface area contributed by atoms with Crippen molar-refractivity contribution < 1.29 is 14.5 Å². The molecule has 2 aromatic rings. The van der Waals surface area contributed by atoms with Gasteiger partial charge in [0.15, 0.2) is 0 Å². The Kier molecular flexibility index (Phi) is 5.88. The zero-order chi connectivity index (χ0) is 19.4. The quantitative estimate of drug-likeness (QED) is 0.576. The Morgan fingerprint density at radius 3 is 2.70 bits per heavy atom. The minimum Gasteiger partial charge on any atom is -0.378 e. The molecule has 0 spiro atoms. The number of halogens is 1. The molecule has 8 nitrogen and oxygen atoms in total. The van der Waals surface area contributed by atoms with E-state index in [1.165, 1.54) is 23.1 Å². The van der Waals surface area contributed by atoms with Gasteiger partial charge in [-0.15, -0.1) is 0 Å². The minimum atomic E-state index is -0.490. The molecule has 0 unspecified atom stereocenters. The topological polar surface area (TPSA) is 88.8 Å². The minimum absolute atomic E-state index is 0.0632. The maximum absolute atomic E-state index is 12.6. The maximum Gasteiger partial charge on any atom is 0.269 e. The van der Waals surface area contributed by atoms with Crippen LogP contribution in [0, 0.1) is 10.1 Å². The third-order valence-electron chi connectivity index (χ3n) is 4.32. The lowest BCUT2D eigenvalue weighted by molar-refractivity contribution is -0.384. The van der Waals surface area contributed by atoms with Gasteiger partial charge in [0.05, 0.1) is 23.7 Å². The van der Waals surface area contributed by atoms with E-state index in [0.29, 0.717) is 29.4 Å². The fourth-order valence-corrected chi connectivity index (χ4v) is 3.01. The number of anilines is 1. The van der Waals surface area contributed by atoms with E-state index >= 15 is 0 Å². The molecule has 9 heteroatoms. The van der Waals surface area contributed by atoms with Crippen LogP contribution in [0.4, 0.5) is 11.5 Å². The van der Waals surface area contributed by atoms with Crippen LogP contribution in [-0.2, 0) is 11.3 Å². The van der Waals surface area contributed by atoms with Gasteiger partial charge in [-0.3, -0.25) is 14.9 Å². The van der Waals surface area contributed by atoms with Crippen LogP contribution >= 0.6 is 11.6 Å². The van der Waals surface area contributed by atoms with Crippen LogP contribution in [-0.4, -0.2) is 54.1 Å². The summed E-state index contributed by atoms with van der Waals surface area (Å²) < 4.78 is 5.32. The van der Waals surface area contributed by atoms with Gasteiger partial charge in [0.25, 0.3) is 11.6 Å². The summed E-state index contributed by atoms with van der Waals surface area (Å²) in [6, 6.07) is 7.72. The molecule has 0 radical (unpaired) electrons. The third kappa shape index (κ3) is 4.53. The molecule has 2 heterocycles. The first-order chi connectivity index (χ1) is 13.0. The number of nitro benzene ring substituents is 1. The highest BCUT2D eigenvalue weighted by atomic mass is 35.5. The second-order valence-corrected chi connectivity index (χ2v) is 6.61. The molecule has 27 heavy (non-hydrogen) atoms. The number of hydrogen-bond acceptors (Lipinski definition) is 6. The zero-order valence-corrected chi connectivity index (χ0v) is 15.6. The molecule has 1 aromatic carbocycles. The van der Waals surface area contributed by atoms with E-state index in [2.05, 4.69) is 9.88 Å². The molecule has 142 valence electrons. The molecule has 0 aliphatic carbocycles. The fourth-order valence-electron chi connectivity index (χ4n) is 2.84. The third-order valence-corrected chi connectivity index (χ3v) is 4.69. The van der Waals surface area contributed by atoms with Gasteiger partial charge in [-0.25, -0.2) is 4.98 Å². The van der Waals surface area contributed by atoms with Crippen LogP contribution in [0.3, 0.4) is 0 Å². The van der Waals surface area contributed by atoms with Gasteiger partial charge in [-0.2, -0.15) is 0 Å². The van der Waals surface area contributed by atoms with Crippen LogP contribution < -0.4 is 4.90 Å². The molecular formula is C18H19ClN4O4. The van der Waals surface area contributed by atoms with Crippen molar-refractivity contribution in [2.45, 2.75) is 6.54 Å². The predicted octanol–water partition coefficient (Wildman–Crippen LogP) is 2.75. The van der Waals surface area contributed by atoms with Gasteiger partial charge in [-0.1, -0.05) is 11.6 Å². The number of rotatable bonds is 5. The Hall–Kier alpha value is -2.71. The smallest absolute Gasteiger partial charge is 0.269 e. The highest BCUT2D eigenvalue weighted by molar-refractivity contribution is 6.31. The lowest BCUT2D eigenvalue weighted by atomic mass is 10.1. The number of carbonyl (C=O) groups excluding carboxylic acids is 1. The second-order valence-electron chi connectivity index (χ2n) is 6.20. The molecule has 0 atom stereocenters. The van der Waals surface area contributed by atoms with Crippen LogP contribution in [0.1, 0.15) is 15.9 Å². The number of aromatic nitrogens is 1. The summed E-state index contributed by atoms with van der Waals surface area (Å²) in [6.45, 7) is 3.02. The average molecular weight is 391 g/mol. The summed E-state index contributed by atoms with van der Waals surface area (Å²) in [5, 5.41) is 11.3.